The van der Waals surface area contributed by atoms with Gasteiger partial charge in [0.05, 0.1) is 27.4 Å². The van der Waals surface area contributed by atoms with Gasteiger partial charge >= 0.3 is 0 Å². The maximum Gasteiger partial charge on any atom is 0.144 e. The van der Waals surface area contributed by atoms with Crippen LogP contribution in [-0.4, -0.2) is 37.4 Å². The molecule has 1 saturated heterocycles. The molecule has 6 heteroatoms. The molecule has 0 spiro atoms. The molecular weight excluding hydrogens is 320 g/mol. The van der Waals surface area contributed by atoms with E-state index in [9.17, 15) is 0 Å². The van der Waals surface area contributed by atoms with Gasteiger partial charge in [0.25, 0.3) is 0 Å². The lowest BCUT2D eigenvalue weighted by Crippen LogP contribution is -2.24. The van der Waals surface area contributed by atoms with Crippen LogP contribution in [0.4, 0.5) is 0 Å². The Balaban J connectivity index is 1.60. The van der Waals surface area contributed by atoms with E-state index in [4.69, 9.17) is 18.7 Å². The first-order chi connectivity index (χ1) is 12.3. The predicted octanol–water partition coefficient (Wildman–Crippen LogP) is 3.10. The highest BCUT2D eigenvalue weighted by molar-refractivity contribution is 5.42. The number of methoxy groups -OCH3 is 2. The molecule has 2 aliphatic rings. The van der Waals surface area contributed by atoms with E-state index in [1.807, 2.05) is 12.1 Å². The zero-order chi connectivity index (χ0) is 17.2. The number of likely N-dealkylation sites (tertiary alicyclic amines) is 1. The van der Waals surface area contributed by atoms with Gasteiger partial charge in [-0.05, 0) is 37.6 Å². The van der Waals surface area contributed by atoms with E-state index < -0.39 is 0 Å². The Morgan fingerprint density at radius 2 is 2.20 bits per heavy atom. The fourth-order valence-corrected chi connectivity index (χ4v) is 3.86. The van der Waals surface area contributed by atoms with Crippen LogP contribution < -0.4 is 9.47 Å². The van der Waals surface area contributed by atoms with Gasteiger partial charge in [-0.25, -0.2) is 0 Å². The molecule has 134 valence electrons. The summed E-state index contributed by atoms with van der Waals surface area (Å²) in [5.41, 5.74) is 3.31. The summed E-state index contributed by atoms with van der Waals surface area (Å²) in [6, 6.07) is 6.30. The van der Waals surface area contributed by atoms with Crippen molar-refractivity contribution >= 4 is 0 Å². The van der Waals surface area contributed by atoms with Crippen LogP contribution in [-0.2, 0) is 24.3 Å². The van der Waals surface area contributed by atoms with Crippen molar-refractivity contribution in [3.63, 3.8) is 0 Å². The minimum Gasteiger partial charge on any atom is -0.497 e. The van der Waals surface area contributed by atoms with Gasteiger partial charge in [-0.1, -0.05) is 5.16 Å². The number of hydrogen-bond acceptors (Lipinski definition) is 6. The zero-order valence-electron chi connectivity index (χ0n) is 14.8. The van der Waals surface area contributed by atoms with Crippen molar-refractivity contribution in [3.05, 3.63) is 40.8 Å². The molecule has 2 aromatic rings. The Hall–Kier alpha value is -2.05. The van der Waals surface area contributed by atoms with E-state index in [-0.39, 0.29) is 0 Å². The smallest absolute Gasteiger partial charge is 0.144 e. The summed E-state index contributed by atoms with van der Waals surface area (Å²) < 4.78 is 22.1. The zero-order valence-corrected chi connectivity index (χ0v) is 14.8. The van der Waals surface area contributed by atoms with Crippen LogP contribution in [0.25, 0.3) is 0 Å². The third-order valence-corrected chi connectivity index (χ3v) is 5.18. The molecule has 0 amide bonds. The minimum atomic E-state index is 0.293. The summed E-state index contributed by atoms with van der Waals surface area (Å²) in [6.45, 7) is 3.13. The summed E-state index contributed by atoms with van der Waals surface area (Å²) in [7, 11) is 3.41. The second-order valence-corrected chi connectivity index (χ2v) is 6.57. The third-order valence-electron chi connectivity index (χ3n) is 5.18. The fourth-order valence-electron chi connectivity index (χ4n) is 3.86. The molecule has 25 heavy (non-hydrogen) atoms. The third kappa shape index (κ3) is 3.12. The number of hydrogen-bond donors (Lipinski definition) is 0. The van der Waals surface area contributed by atoms with Crippen molar-refractivity contribution in [2.45, 2.75) is 38.5 Å². The van der Waals surface area contributed by atoms with Gasteiger partial charge in [0.15, 0.2) is 0 Å². The molecule has 0 saturated carbocycles. The molecule has 0 N–H and O–H groups in total. The maximum absolute atomic E-state index is 5.59. The second kappa shape index (κ2) is 7.06. The van der Waals surface area contributed by atoms with Crippen LogP contribution in [0.2, 0.25) is 0 Å². The van der Waals surface area contributed by atoms with Crippen molar-refractivity contribution < 1.29 is 18.7 Å². The van der Waals surface area contributed by atoms with Crippen LogP contribution in [0.3, 0.4) is 0 Å². The van der Waals surface area contributed by atoms with E-state index >= 15 is 0 Å². The van der Waals surface area contributed by atoms with Crippen molar-refractivity contribution in [3.8, 4) is 11.5 Å². The Morgan fingerprint density at radius 1 is 1.28 bits per heavy atom. The Labute approximate surface area is 147 Å². The first-order valence-electron chi connectivity index (χ1n) is 8.80. The number of fused-ring (bicyclic) bond motifs is 1. The highest BCUT2D eigenvalue weighted by atomic mass is 16.5. The van der Waals surface area contributed by atoms with E-state index in [2.05, 4.69) is 16.1 Å². The van der Waals surface area contributed by atoms with Gasteiger partial charge in [-0.2, -0.15) is 0 Å². The first kappa shape index (κ1) is 16.4. The quantitative estimate of drug-likeness (QED) is 0.831. The molecule has 1 aromatic heterocycles. The molecule has 3 heterocycles. The number of aromatic nitrogens is 1. The molecule has 1 unspecified atom stereocenters. The summed E-state index contributed by atoms with van der Waals surface area (Å²) in [5.74, 6) is 2.74. The molecule has 1 aromatic carbocycles. The molecule has 0 bridgehead atoms. The number of ether oxygens (including phenoxy) is 3. The van der Waals surface area contributed by atoms with Gasteiger partial charge < -0.3 is 18.7 Å². The Bertz CT molecular complexity index is 743. The highest BCUT2D eigenvalue weighted by Crippen LogP contribution is 2.40. The molecule has 0 radical (unpaired) electrons. The first-order valence-corrected chi connectivity index (χ1v) is 8.80. The predicted molar refractivity (Wildman–Crippen MR) is 91.8 cm³/mol. The van der Waals surface area contributed by atoms with Crippen LogP contribution in [0.1, 0.15) is 41.5 Å². The summed E-state index contributed by atoms with van der Waals surface area (Å²) >= 11 is 0. The monoisotopic (exact) mass is 344 g/mol. The Kier molecular flexibility index (Phi) is 4.63. The largest absolute Gasteiger partial charge is 0.497 e. The average Bonchev–Trinajstić information content (AvgIpc) is 3.29. The van der Waals surface area contributed by atoms with E-state index in [1.165, 1.54) is 5.56 Å². The van der Waals surface area contributed by atoms with Crippen LogP contribution in [0.5, 0.6) is 11.5 Å². The van der Waals surface area contributed by atoms with Gasteiger partial charge in [-0.3, -0.25) is 4.90 Å². The standard InChI is InChI=1S/C19H24N2O4/c1-22-13-5-6-18(23-2)14(10-13)17-4-3-8-21(17)11-16-15-12-24-9-7-19(15)25-20-16/h5-6,10,17H,3-4,7-9,11-12H2,1-2H3. The SMILES string of the molecule is COc1ccc(OC)c(C2CCCN2Cc2noc3c2COCC3)c1. The summed E-state index contributed by atoms with van der Waals surface area (Å²) in [5, 5.41) is 4.31. The lowest BCUT2D eigenvalue weighted by atomic mass is 10.0. The van der Waals surface area contributed by atoms with Crippen LogP contribution in [0, 0.1) is 0 Å². The lowest BCUT2D eigenvalue weighted by Gasteiger charge is -2.26. The fraction of sp³-hybridized carbons (Fsp3) is 0.526. The summed E-state index contributed by atoms with van der Waals surface area (Å²) in [6.07, 6.45) is 3.07. The molecule has 1 fully saturated rings. The Morgan fingerprint density at radius 3 is 3.04 bits per heavy atom. The highest BCUT2D eigenvalue weighted by Gasteiger charge is 2.31. The van der Waals surface area contributed by atoms with E-state index in [0.29, 0.717) is 12.6 Å². The van der Waals surface area contributed by atoms with Crippen molar-refractivity contribution in [1.29, 1.82) is 0 Å². The van der Waals surface area contributed by atoms with Crippen molar-refractivity contribution in [1.82, 2.24) is 10.1 Å². The number of rotatable bonds is 5. The number of nitrogens with zero attached hydrogens (tertiary/aromatic N) is 2. The molecule has 2 aliphatic heterocycles. The van der Waals surface area contributed by atoms with Crippen LogP contribution in [0.15, 0.2) is 22.7 Å². The molecule has 6 nitrogen and oxygen atoms in total. The lowest BCUT2D eigenvalue weighted by molar-refractivity contribution is 0.102. The molecule has 4 rings (SSSR count). The summed E-state index contributed by atoms with van der Waals surface area (Å²) in [4.78, 5) is 2.45. The topological polar surface area (TPSA) is 57.0 Å². The normalized spacial score (nSPS) is 20.5. The van der Waals surface area contributed by atoms with Gasteiger partial charge in [0, 0.05) is 30.1 Å². The molecular formula is C19H24N2O4. The van der Waals surface area contributed by atoms with E-state index in [0.717, 1.165) is 67.5 Å². The van der Waals surface area contributed by atoms with Gasteiger partial charge in [-0.15, -0.1) is 0 Å². The van der Waals surface area contributed by atoms with Gasteiger partial charge in [0.1, 0.15) is 23.0 Å². The second-order valence-electron chi connectivity index (χ2n) is 6.57. The van der Waals surface area contributed by atoms with E-state index in [1.54, 1.807) is 14.2 Å². The average molecular weight is 344 g/mol. The van der Waals surface area contributed by atoms with Gasteiger partial charge in [0.2, 0.25) is 0 Å². The molecule has 0 aliphatic carbocycles. The number of benzene rings is 1. The van der Waals surface area contributed by atoms with Crippen molar-refractivity contribution in [2.75, 3.05) is 27.4 Å². The maximum atomic E-state index is 5.59. The minimum absolute atomic E-state index is 0.293. The molecule has 1 atom stereocenters. The van der Waals surface area contributed by atoms with Crippen molar-refractivity contribution in [2.24, 2.45) is 0 Å². The van der Waals surface area contributed by atoms with Crippen LogP contribution >= 0.6 is 0 Å².